The predicted molar refractivity (Wildman–Crippen MR) is 103 cm³/mol. The second-order valence-corrected chi connectivity index (χ2v) is 8.22. The Bertz CT molecular complexity index is 1200. The maximum absolute atomic E-state index is 13.3. The van der Waals surface area contributed by atoms with Crippen LogP contribution in [0.1, 0.15) is 26.7 Å². The number of aromatic carboxylic acids is 1. The molecule has 0 fully saturated rings. The van der Waals surface area contributed by atoms with Crippen LogP contribution in [0.15, 0.2) is 73.7 Å². The van der Waals surface area contributed by atoms with Gasteiger partial charge in [-0.25, -0.2) is 17.2 Å². The first-order chi connectivity index (χ1) is 14.1. The zero-order valence-electron chi connectivity index (χ0n) is 15.2. The van der Waals surface area contributed by atoms with Crippen LogP contribution in [0.5, 0.6) is 0 Å². The van der Waals surface area contributed by atoms with E-state index < -0.39 is 33.0 Å². The highest BCUT2D eigenvalue weighted by molar-refractivity contribution is 7.90. The lowest BCUT2D eigenvalue weighted by Gasteiger charge is -2.18. The summed E-state index contributed by atoms with van der Waals surface area (Å²) in [6, 6.07) is 10.0. The Kier molecular flexibility index (Phi) is 5.53. The third-order valence-electron chi connectivity index (χ3n) is 4.33. The molecule has 0 amide bonds. The molecule has 30 heavy (non-hydrogen) atoms. The monoisotopic (exact) mass is 436 g/mol. The number of hydrogen-bond donors (Lipinski definition) is 1. The molecule has 1 aromatic carbocycles. The standard InChI is InChI=1S/C20H15F3N2O4S/c1-2-18(14-8-16(11-24-10-14)20(21,22)23)30(28,29)25-12-15(19(26)27)9-17(25)13-6-4-3-5-7-13/h2-12,18H,1H2,(H,26,27). The van der Waals surface area contributed by atoms with Crippen molar-refractivity contribution in [2.45, 2.75) is 11.4 Å². The van der Waals surface area contributed by atoms with E-state index in [9.17, 15) is 31.5 Å². The van der Waals surface area contributed by atoms with Crippen LogP contribution >= 0.6 is 0 Å². The molecule has 2 aromatic heterocycles. The van der Waals surface area contributed by atoms with Crippen molar-refractivity contribution in [1.82, 2.24) is 8.96 Å². The van der Waals surface area contributed by atoms with Gasteiger partial charge in [0.2, 0.25) is 10.0 Å². The number of aromatic nitrogens is 2. The second kappa shape index (κ2) is 7.79. The number of pyridine rings is 1. The number of hydrogen-bond acceptors (Lipinski definition) is 4. The van der Waals surface area contributed by atoms with Crippen molar-refractivity contribution in [3.05, 3.63) is 90.4 Å². The molecule has 0 saturated carbocycles. The number of carbonyl (C=O) groups is 1. The molecule has 0 aliphatic rings. The zero-order valence-corrected chi connectivity index (χ0v) is 16.1. The van der Waals surface area contributed by atoms with E-state index in [0.717, 1.165) is 22.4 Å². The quantitative estimate of drug-likeness (QED) is 0.580. The van der Waals surface area contributed by atoms with Crippen molar-refractivity contribution >= 4 is 16.0 Å². The first-order valence-corrected chi connectivity index (χ1v) is 9.96. The highest BCUT2D eigenvalue weighted by Crippen LogP contribution is 2.34. The van der Waals surface area contributed by atoms with Gasteiger partial charge in [0.05, 0.1) is 16.8 Å². The van der Waals surface area contributed by atoms with Crippen LogP contribution in [-0.4, -0.2) is 28.5 Å². The molecule has 6 nitrogen and oxygen atoms in total. The number of halogens is 3. The van der Waals surface area contributed by atoms with E-state index in [2.05, 4.69) is 11.6 Å². The minimum absolute atomic E-state index is 0.0554. The van der Waals surface area contributed by atoms with Crippen LogP contribution in [-0.2, 0) is 16.2 Å². The van der Waals surface area contributed by atoms with Gasteiger partial charge in [-0.1, -0.05) is 36.4 Å². The first kappa shape index (κ1) is 21.3. The normalized spacial score (nSPS) is 13.0. The van der Waals surface area contributed by atoms with Crippen LogP contribution in [0.3, 0.4) is 0 Å². The van der Waals surface area contributed by atoms with Gasteiger partial charge in [-0.3, -0.25) is 4.98 Å². The van der Waals surface area contributed by atoms with Crippen LogP contribution in [0.4, 0.5) is 13.2 Å². The van der Waals surface area contributed by atoms with E-state index >= 15 is 0 Å². The van der Waals surface area contributed by atoms with E-state index in [1.54, 1.807) is 30.3 Å². The topological polar surface area (TPSA) is 89.3 Å². The number of carboxylic acids is 1. The van der Waals surface area contributed by atoms with Gasteiger partial charge in [0.25, 0.3) is 0 Å². The molecule has 156 valence electrons. The minimum atomic E-state index is -4.71. The first-order valence-electron chi connectivity index (χ1n) is 8.46. The summed E-state index contributed by atoms with van der Waals surface area (Å²) in [6.45, 7) is 3.45. The summed E-state index contributed by atoms with van der Waals surface area (Å²) in [5.41, 5.74) is -1.17. The molecular weight excluding hydrogens is 421 g/mol. The van der Waals surface area contributed by atoms with Crippen molar-refractivity contribution in [2.75, 3.05) is 0 Å². The average molecular weight is 436 g/mol. The smallest absolute Gasteiger partial charge is 0.417 e. The zero-order chi connectivity index (χ0) is 22.1. The maximum atomic E-state index is 13.3. The molecule has 10 heteroatoms. The Morgan fingerprint density at radius 1 is 1.17 bits per heavy atom. The van der Waals surface area contributed by atoms with E-state index in [0.29, 0.717) is 17.8 Å². The van der Waals surface area contributed by atoms with E-state index in [1.807, 2.05) is 0 Å². The lowest BCUT2D eigenvalue weighted by Crippen LogP contribution is -2.21. The molecular formula is C20H15F3N2O4S. The fourth-order valence-corrected chi connectivity index (χ4v) is 4.56. The van der Waals surface area contributed by atoms with E-state index in [-0.39, 0.29) is 16.8 Å². The number of carboxylic acid groups (broad SMARTS) is 1. The molecule has 3 aromatic rings. The van der Waals surface area contributed by atoms with Crippen molar-refractivity contribution in [2.24, 2.45) is 0 Å². The maximum Gasteiger partial charge on any atom is 0.417 e. The average Bonchev–Trinajstić information content (AvgIpc) is 3.15. The molecule has 0 saturated heterocycles. The van der Waals surface area contributed by atoms with Crippen LogP contribution in [0, 0.1) is 0 Å². The lowest BCUT2D eigenvalue weighted by atomic mass is 10.1. The predicted octanol–water partition coefficient (Wildman–Crippen LogP) is 4.37. The van der Waals surface area contributed by atoms with Crippen molar-refractivity contribution in [3.63, 3.8) is 0 Å². The number of nitrogens with zero attached hydrogens (tertiary/aromatic N) is 2. The summed E-state index contributed by atoms with van der Waals surface area (Å²) in [4.78, 5) is 14.9. The molecule has 1 unspecified atom stereocenters. The van der Waals surface area contributed by atoms with Gasteiger partial charge < -0.3 is 5.11 Å². The number of rotatable bonds is 6. The van der Waals surface area contributed by atoms with Crippen molar-refractivity contribution in [1.29, 1.82) is 0 Å². The molecule has 0 aliphatic heterocycles. The summed E-state index contributed by atoms with van der Waals surface area (Å²) < 4.78 is 66.6. The largest absolute Gasteiger partial charge is 0.478 e. The second-order valence-electron chi connectivity index (χ2n) is 6.29. The summed E-state index contributed by atoms with van der Waals surface area (Å²) >= 11 is 0. The van der Waals surface area contributed by atoms with Crippen LogP contribution < -0.4 is 0 Å². The third-order valence-corrected chi connectivity index (χ3v) is 6.28. The molecule has 0 spiro atoms. The summed E-state index contributed by atoms with van der Waals surface area (Å²) in [5.74, 6) is -1.35. The highest BCUT2D eigenvalue weighted by atomic mass is 32.2. The third kappa shape index (κ3) is 3.99. The van der Waals surface area contributed by atoms with Gasteiger partial charge in [-0.2, -0.15) is 13.2 Å². The molecule has 1 N–H and O–H groups in total. The summed E-state index contributed by atoms with van der Waals surface area (Å²) in [7, 11) is -4.43. The Morgan fingerprint density at radius 2 is 1.83 bits per heavy atom. The van der Waals surface area contributed by atoms with Gasteiger partial charge in [-0.05, 0) is 23.3 Å². The highest BCUT2D eigenvalue weighted by Gasteiger charge is 2.34. The fourth-order valence-electron chi connectivity index (χ4n) is 2.91. The molecule has 0 radical (unpaired) electrons. The molecule has 3 rings (SSSR count). The number of alkyl halides is 3. The van der Waals surface area contributed by atoms with Crippen molar-refractivity contribution in [3.8, 4) is 11.3 Å². The van der Waals surface area contributed by atoms with Gasteiger partial charge >= 0.3 is 12.1 Å². The number of benzene rings is 1. The molecule has 1 atom stereocenters. The van der Waals surface area contributed by atoms with Crippen LogP contribution in [0.25, 0.3) is 11.3 Å². The Balaban J connectivity index is 2.19. The van der Waals surface area contributed by atoms with E-state index in [1.165, 1.54) is 6.07 Å². The van der Waals surface area contributed by atoms with Crippen LogP contribution in [0.2, 0.25) is 0 Å². The molecule has 0 aliphatic carbocycles. The van der Waals surface area contributed by atoms with Gasteiger partial charge in [0.15, 0.2) is 0 Å². The summed E-state index contributed by atoms with van der Waals surface area (Å²) in [6.07, 6.45) is -1.23. The Hall–Kier alpha value is -3.40. The lowest BCUT2D eigenvalue weighted by molar-refractivity contribution is -0.137. The molecule has 2 heterocycles. The van der Waals surface area contributed by atoms with Crippen molar-refractivity contribution < 1.29 is 31.5 Å². The Labute approximate surface area is 170 Å². The SMILES string of the molecule is C=CC(c1cncc(C(F)(F)F)c1)S(=O)(=O)n1cc(C(=O)O)cc1-c1ccccc1. The summed E-state index contributed by atoms with van der Waals surface area (Å²) in [5, 5.41) is 7.72. The van der Waals surface area contributed by atoms with Gasteiger partial charge in [0.1, 0.15) is 5.25 Å². The fraction of sp³-hybridized carbons (Fsp3) is 0.100. The van der Waals surface area contributed by atoms with E-state index in [4.69, 9.17) is 0 Å². The molecule has 0 bridgehead atoms. The van der Waals surface area contributed by atoms with Gasteiger partial charge in [0, 0.05) is 18.6 Å². The Morgan fingerprint density at radius 3 is 2.40 bits per heavy atom. The van der Waals surface area contributed by atoms with Gasteiger partial charge in [-0.15, -0.1) is 6.58 Å². The minimum Gasteiger partial charge on any atom is -0.478 e.